The molecule has 1 aliphatic rings. The summed E-state index contributed by atoms with van der Waals surface area (Å²) in [7, 11) is 1.38. The van der Waals surface area contributed by atoms with E-state index in [4.69, 9.17) is 9.47 Å². The number of methoxy groups -OCH3 is 1. The van der Waals surface area contributed by atoms with Crippen molar-refractivity contribution < 1.29 is 19.1 Å². The van der Waals surface area contributed by atoms with Crippen molar-refractivity contribution in [3.8, 4) is 0 Å². The summed E-state index contributed by atoms with van der Waals surface area (Å²) in [5.74, 6) is -0.538. The Bertz CT molecular complexity index is 280. The van der Waals surface area contributed by atoms with Gasteiger partial charge in [0.1, 0.15) is 12.1 Å². The monoisotopic (exact) mass is 243 g/mol. The standard InChI is InChI=1S/C12H21NO4/c1-4-17-11(14)9(2)13-8-6-5-7-10(13)12(15)16-3/h9-10H,4-8H2,1-3H3. The molecule has 1 aliphatic heterocycles. The Kier molecular flexibility index (Phi) is 5.41. The molecular formula is C12H21NO4. The van der Waals surface area contributed by atoms with E-state index in [1.807, 2.05) is 4.90 Å². The lowest BCUT2D eigenvalue weighted by atomic mass is 10.00. The molecule has 0 bridgehead atoms. The molecule has 5 heteroatoms. The molecule has 1 saturated heterocycles. The first-order chi connectivity index (χ1) is 8.11. The van der Waals surface area contributed by atoms with Gasteiger partial charge in [-0.1, -0.05) is 6.42 Å². The summed E-state index contributed by atoms with van der Waals surface area (Å²) in [6, 6.07) is -0.701. The molecule has 2 unspecified atom stereocenters. The Labute approximate surface area is 102 Å². The summed E-state index contributed by atoms with van der Waals surface area (Å²) < 4.78 is 9.76. The predicted molar refractivity (Wildman–Crippen MR) is 62.5 cm³/mol. The zero-order chi connectivity index (χ0) is 12.8. The molecule has 0 aliphatic carbocycles. The van der Waals surface area contributed by atoms with Crippen molar-refractivity contribution in [2.75, 3.05) is 20.3 Å². The average Bonchev–Trinajstić information content (AvgIpc) is 2.37. The van der Waals surface area contributed by atoms with Crippen molar-refractivity contribution in [3.63, 3.8) is 0 Å². The summed E-state index contributed by atoms with van der Waals surface area (Å²) >= 11 is 0. The van der Waals surface area contributed by atoms with E-state index < -0.39 is 0 Å². The highest BCUT2D eigenvalue weighted by atomic mass is 16.5. The van der Waals surface area contributed by atoms with Crippen LogP contribution < -0.4 is 0 Å². The van der Waals surface area contributed by atoms with Crippen molar-refractivity contribution in [1.82, 2.24) is 4.90 Å². The highest BCUT2D eigenvalue weighted by Crippen LogP contribution is 2.21. The lowest BCUT2D eigenvalue weighted by Crippen LogP contribution is -2.52. The molecule has 0 saturated carbocycles. The normalized spacial score (nSPS) is 22.9. The predicted octanol–water partition coefficient (Wildman–Crippen LogP) is 0.966. The second-order valence-electron chi connectivity index (χ2n) is 4.20. The smallest absolute Gasteiger partial charge is 0.323 e. The van der Waals surface area contributed by atoms with Gasteiger partial charge in [0.25, 0.3) is 0 Å². The van der Waals surface area contributed by atoms with Gasteiger partial charge in [-0.25, -0.2) is 0 Å². The van der Waals surface area contributed by atoms with Crippen LogP contribution in [0.3, 0.4) is 0 Å². The second-order valence-corrected chi connectivity index (χ2v) is 4.20. The summed E-state index contributed by atoms with van der Waals surface area (Å²) in [5.41, 5.74) is 0. The summed E-state index contributed by atoms with van der Waals surface area (Å²) in [6.07, 6.45) is 2.74. The van der Waals surface area contributed by atoms with Crippen LogP contribution in [0.1, 0.15) is 33.1 Å². The third-order valence-corrected chi connectivity index (χ3v) is 3.14. The maximum absolute atomic E-state index is 11.7. The molecule has 0 N–H and O–H groups in total. The maximum Gasteiger partial charge on any atom is 0.323 e. The Morgan fingerprint density at radius 1 is 1.41 bits per heavy atom. The zero-order valence-electron chi connectivity index (χ0n) is 10.8. The maximum atomic E-state index is 11.7. The van der Waals surface area contributed by atoms with E-state index in [0.717, 1.165) is 25.8 Å². The van der Waals surface area contributed by atoms with Crippen LogP contribution in [0.2, 0.25) is 0 Å². The van der Waals surface area contributed by atoms with Gasteiger partial charge in [0.2, 0.25) is 0 Å². The molecule has 5 nitrogen and oxygen atoms in total. The van der Waals surface area contributed by atoms with Crippen LogP contribution in [0.15, 0.2) is 0 Å². The molecule has 1 fully saturated rings. The van der Waals surface area contributed by atoms with Crippen molar-refractivity contribution in [2.45, 2.75) is 45.2 Å². The summed E-state index contributed by atoms with van der Waals surface area (Å²) in [4.78, 5) is 25.2. The van der Waals surface area contributed by atoms with Gasteiger partial charge in [0.05, 0.1) is 13.7 Å². The van der Waals surface area contributed by atoms with E-state index in [9.17, 15) is 9.59 Å². The van der Waals surface area contributed by atoms with Gasteiger partial charge >= 0.3 is 11.9 Å². The van der Waals surface area contributed by atoms with Crippen LogP contribution in [0.4, 0.5) is 0 Å². The van der Waals surface area contributed by atoms with Gasteiger partial charge in [0.15, 0.2) is 0 Å². The average molecular weight is 243 g/mol. The first-order valence-electron chi connectivity index (χ1n) is 6.12. The molecule has 2 atom stereocenters. The quantitative estimate of drug-likeness (QED) is 0.688. The molecule has 0 aromatic heterocycles. The molecular weight excluding hydrogens is 222 g/mol. The number of ether oxygens (including phenoxy) is 2. The van der Waals surface area contributed by atoms with Crippen molar-refractivity contribution in [1.29, 1.82) is 0 Å². The van der Waals surface area contributed by atoms with Crippen LogP contribution in [-0.4, -0.2) is 49.2 Å². The molecule has 17 heavy (non-hydrogen) atoms. The van der Waals surface area contributed by atoms with Crippen molar-refractivity contribution in [3.05, 3.63) is 0 Å². The molecule has 0 spiro atoms. The summed E-state index contributed by atoms with van der Waals surface area (Å²) in [5, 5.41) is 0. The highest BCUT2D eigenvalue weighted by molar-refractivity contribution is 5.79. The van der Waals surface area contributed by atoms with Crippen LogP contribution in [0, 0.1) is 0 Å². The molecule has 0 radical (unpaired) electrons. The van der Waals surface area contributed by atoms with Gasteiger partial charge < -0.3 is 9.47 Å². The Morgan fingerprint density at radius 3 is 2.71 bits per heavy atom. The number of carbonyl (C=O) groups is 2. The van der Waals surface area contributed by atoms with E-state index >= 15 is 0 Å². The van der Waals surface area contributed by atoms with Gasteiger partial charge in [-0.2, -0.15) is 0 Å². The van der Waals surface area contributed by atoms with E-state index in [2.05, 4.69) is 0 Å². The van der Waals surface area contributed by atoms with Crippen LogP contribution in [-0.2, 0) is 19.1 Å². The minimum atomic E-state index is -0.389. The largest absolute Gasteiger partial charge is 0.468 e. The van der Waals surface area contributed by atoms with Crippen LogP contribution >= 0.6 is 0 Å². The molecule has 98 valence electrons. The van der Waals surface area contributed by atoms with Gasteiger partial charge in [0, 0.05) is 0 Å². The molecule has 1 rings (SSSR count). The Morgan fingerprint density at radius 2 is 2.12 bits per heavy atom. The third-order valence-electron chi connectivity index (χ3n) is 3.14. The lowest BCUT2D eigenvalue weighted by Gasteiger charge is -2.36. The SMILES string of the molecule is CCOC(=O)C(C)N1CCCCC1C(=O)OC. The fourth-order valence-electron chi connectivity index (χ4n) is 2.20. The number of hydrogen-bond acceptors (Lipinski definition) is 5. The van der Waals surface area contributed by atoms with E-state index in [-0.39, 0.29) is 24.0 Å². The number of esters is 2. The van der Waals surface area contributed by atoms with E-state index in [1.165, 1.54) is 7.11 Å². The number of carbonyl (C=O) groups excluding carboxylic acids is 2. The summed E-state index contributed by atoms with van der Waals surface area (Å²) in [6.45, 7) is 4.65. The van der Waals surface area contributed by atoms with E-state index in [1.54, 1.807) is 13.8 Å². The third kappa shape index (κ3) is 3.43. The van der Waals surface area contributed by atoms with E-state index in [0.29, 0.717) is 6.61 Å². The first kappa shape index (κ1) is 14.0. The molecule has 0 aromatic carbocycles. The van der Waals surface area contributed by atoms with Gasteiger partial charge in [-0.05, 0) is 33.2 Å². The van der Waals surface area contributed by atoms with Gasteiger partial charge in [-0.15, -0.1) is 0 Å². The highest BCUT2D eigenvalue weighted by Gasteiger charge is 2.35. The fourth-order valence-corrected chi connectivity index (χ4v) is 2.20. The zero-order valence-corrected chi connectivity index (χ0v) is 10.8. The van der Waals surface area contributed by atoms with Gasteiger partial charge in [-0.3, -0.25) is 14.5 Å². The Balaban J connectivity index is 2.70. The first-order valence-corrected chi connectivity index (χ1v) is 6.12. The second kappa shape index (κ2) is 6.59. The number of hydrogen-bond donors (Lipinski definition) is 0. The number of nitrogens with zero attached hydrogens (tertiary/aromatic N) is 1. The fraction of sp³-hybridized carbons (Fsp3) is 0.833. The molecule has 0 aromatic rings. The van der Waals surface area contributed by atoms with Crippen molar-refractivity contribution in [2.24, 2.45) is 0 Å². The number of rotatable bonds is 4. The molecule has 0 amide bonds. The Hall–Kier alpha value is -1.10. The number of piperidine rings is 1. The van der Waals surface area contributed by atoms with Crippen molar-refractivity contribution >= 4 is 11.9 Å². The van der Waals surface area contributed by atoms with Crippen LogP contribution in [0.25, 0.3) is 0 Å². The molecule has 1 heterocycles. The number of likely N-dealkylation sites (tertiary alicyclic amines) is 1. The minimum absolute atomic E-state index is 0.263. The van der Waals surface area contributed by atoms with Crippen LogP contribution in [0.5, 0.6) is 0 Å². The topological polar surface area (TPSA) is 55.8 Å². The minimum Gasteiger partial charge on any atom is -0.468 e. The lowest BCUT2D eigenvalue weighted by molar-refractivity contribution is -0.156.